The van der Waals surface area contributed by atoms with Crippen molar-refractivity contribution in [1.29, 1.82) is 5.26 Å². The van der Waals surface area contributed by atoms with E-state index in [4.69, 9.17) is 9.47 Å². The van der Waals surface area contributed by atoms with Gasteiger partial charge in [0.2, 0.25) is 0 Å². The van der Waals surface area contributed by atoms with Crippen molar-refractivity contribution in [3.05, 3.63) is 59.7 Å². The lowest BCUT2D eigenvalue weighted by molar-refractivity contribution is 0.287. The van der Waals surface area contributed by atoms with Gasteiger partial charge in [0.25, 0.3) is 0 Å². The zero-order valence-corrected chi connectivity index (χ0v) is 12.9. The van der Waals surface area contributed by atoms with E-state index in [1.165, 1.54) is 0 Å². The molecule has 0 atom stereocenters. The summed E-state index contributed by atoms with van der Waals surface area (Å²) in [5, 5.41) is 9.38. The van der Waals surface area contributed by atoms with E-state index in [0.717, 1.165) is 16.9 Å². The van der Waals surface area contributed by atoms with Gasteiger partial charge in [0.15, 0.2) is 11.5 Å². The Kier molecular flexibility index (Phi) is 5.62. The predicted octanol–water partition coefficient (Wildman–Crippen LogP) is 4.55. The Morgan fingerprint density at radius 1 is 1.00 bits per heavy atom. The molecule has 0 aliphatic carbocycles. The van der Waals surface area contributed by atoms with Gasteiger partial charge in [0, 0.05) is 0 Å². The highest BCUT2D eigenvalue weighted by atomic mass is 16.5. The molecular formula is C19H19NO2. The largest absolute Gasteiger partial charge is 0.490 e. The Morgan fingerprint density at radius 2 is 1.68 bits per heavy atom. The summed E-state index contributed by atoms with van der Waals surface area (Å²) in [7, 11) is 0. The van der Waals surface area contributed by atoms with Crippen LogP contribution in [0.25, 0.3) is 11.6 Å². The number of ether oxygens (including phenoxy) is 2. The molecule has 0 N–H and O–H groups in total. The van der Waals surface area contributed by atoms with Crippen LogP contribution >= 0.6 is 0 Å². The van der Waals surface area contributed by atoms with Crippen molar-refractivity contribution in [1.82, 2.24) is 0 Å². The van der Waals surface area contributed by atoms with Gasteiger partial charge in [-0.1, -0.05) is 36.4 Å². The van der Waals surface area contributed by atoms with Crippen molar-refractivity contribution in [2.45, 2.75) is 13.8 Å². The van der Waals surface area contributed by atoms with Crippen molar-refractivity contribution < 1.29 is 9.47 Å². The fraction of sp³-hybridized carbons (Fsp3) is 0.211. The third-order valence-corrected chi connectivity index (χ3v) is 3.08. The van der Waals surface area contributed by atoms with Crippen molar-refractivity contribution in [3.8, 4) is 17.6 Å². The number of rotatable bonds is 6. The molecule has 0 saturated carbocycles. The summed E-state index contributed by atoms with van der Waals surface area (Å²) < 4.78 is 11.2. The summed E-state index contributed by atoms with van der Waals surface area (Å²) in [6.07, 6.45) is 1.85. The SMILES string of the molecule is CCOc1ccc(/C=C(/C#N)c2ccccc2)cc1OCC. The minimum atomic E-state index is 0.567. The van der Waals surface area contributed by atoms with Crippen LogP contribution in [0, 0.1) is 11.3 Å². The lowest BCUT2D eigenvalue weighted by atomic mass is 10.0. The third-order valence-electron chi connectivity index (χ3n) is 3.08. The Morgan fingerprint density at radius 3 is 2.32 bits per heavy atom. The molecule has 0 bridgehead atoms. The lowest BCUT2D eigenvalue weighted by Gasteiger charge is -2.11. The fourth-order valence-corrected chi connectivity index (χ4v) is 2.12. The topological polar surface area (TPSA) is 42.2 Å². The first kappa shape index (κ1) is 15.7. The molecule has 0 saturated heterocycles. The van der Waals surface area contributed by atoms with E-state index in [1.54, 1.807) is 0 Å². The van der Waals surface area contributed by atoms with E-state index in [9.17, 15) is 5.26 Å². The van der Waals surface area contributed by atoms with Gasteiger partial charge < -0.3 is 9.47 Å². The van der Waals surface area contributed by atoms with Gasteiger partial charge in [-0.15, -0.1) is 0 Å². The Labute approximate surface area is 131 Å². The smallest absolute Gasteiger partial charge is 0.161 e. The van der Waals surface area contributed by atoms with Crippen molar-refractivity contribution in [2.24, 2.45) is 0 Å². The Hall–Kier alpha value is -2.73. The first-order valence-electron chi connectivity index (χ1n) is 7.35. The van der Waals surface area contributed by atoms with Gasteiger partial charge in [-0.3, -0.25) is 0 Å². The number of hydrogen-bond donors (Lipinski definition) is 0. The second-order valence-electron chi connectivity index (χ2n) is 4.61. The summed E-state index contributed by atoms with van der Waals surface area (Å²) in [6.45, 7) is 5.02. The molecule has 3 heteroatoms. The standard InChI is InChI=1S/C19H19NO2/c1-3-21-18-11-10-15(13-19(18)22-4-2)12-17(14-20)16-8-6-5-7-9-16/h5-13H,3-4H2,1-2H3/b17-12-. The van der Waals surface area contributed by atoms with E-state index < -0.39 is 0 Å². The maximum atomic E-state index is 9.38. The van der Waals surface area contributed by atoms with Crippen LogP contribution in [0.1, 0.15) is 25.0 Å². The molecule has 0 aromatic heterocycles. The van der Waals surface area contributed by atoms with Gasteiger partial charge in [-0.05, 0) is 43.2 Å². The molecule has 22 heavy (non-hydrogen) atoms. The Bertz CT molecular complexity index is 684. The molecule has 0 amide bonds. The van der Waals surface area contributed by atoms with Crippen LogP contribution in [0.2, 0.25) is 0 Å². The van der Waals surface area contributed by atoms with Crippen LogP contribution in [-0.4, -0.2) is 13.2 Å². The molecule has 0 aliphatic rings. The lowest BCUT2D eigenvalue weighted by Crippen LogP contribution is -1.98. The number of nitriles is 1. The molecule has 2 rings (SSSR count). The van der Waals surface area contributed by atoms with E-state index in [1.807, 2.05) is 68.5 Å². The normalized spacial score (nSPS) is 10.9. The highest BCUT2D eigenvalue weighted by molar-refractivity contribution is 5.89. The maximum Gasteiger partial charge on any atom is 0.161 e. The quantitative estimate of drug-likeness (QED) is 0.579. The summed E-state index contributed by atoms with van der Waals surface area (Å²) in [4.78, 5) is 0. The molecule has 0 heterocycles. The summed E-state index contributed by atoms with van der Waals surface area (Å²) in [5.74, 6) is 1.42. The molecule has 112 valence electrons. The minimum Gasteiger partial charge on any atom is -0.490 e. The highest BCUT2D eigenvalue weighted by Crippen LogP contribution is 2.30. The van der Waals surface area contributed by atoms with E-state index >= 15 is 0 Å². The average molecular weight is 293 g/mol. The third kappa shape index (κ3) is 3.89. The van der Waals surface area contributed by atoms with Crippen LogP contribution in [0.5, 0.6) is 11.5 Å². The van der Waals surface area contributed by atoms with Gasteiger partial charge in [-0.2, -0.15) is 5.26 Å². The first-order chi connectivity index (χ1) is 10.8. The zero-order valence-electron chi connectivity index (χ0n) is 12.9. The molecule has 2 aromatic rings. The molecule has 0 radical (unpaired) electrons. The van der Waals surface area contributed by atoms with Crippen LogP contribution in [0.4, 0.5) is 0 Å². The van der Waals surface area contributed by atoms with Gasteiger partial charge in [0.1, 0.15) is 0 Å². The highest BCUT2D eigenvalue weighted by Gasteiger charge is 2.06. The van der Waals surface area contributed by atoms with Crippen LogP contribution < -0.4 is 9.47 Å². The maximum absolute atomic E-state index is 9.38. The molecule has 3 nitrogen and oxygen atoms in total. The number of allylic oxidation sites excluding steroid dienone is 1. The number of benzene rings is 2. The first-order valence-corrected chi connectivity index (χ1v) is 7.35. The van der Waals surface area contributed by atoms with E-state index in [0.29, 0.717) is 24.5 Å². The fourth-order valence-electron chi connectivity index (χ4n) is 2.12. The number of nitrogens with zero attached hydrogens (tertiary/aromatic N) is 1. The molecule has 0 aliphatic heterocycles. The van der Waals surface area contributed by atoms with Gasteiger partial charge in [0.05, 0.1) is 24.9 Å². The second kappa shape index (κ2) is 7.90. The van der Waals surface area contributed by atoms with Gasteiger partial charge in [-0.25, -0.2) is 0 Å². The monoisotopic (exact) mass is 293 g/mol. The minimum absolute atomic E-state index is 0.567. The molecule has 2 aromatic carbocycles. The summed E-state index contributed by atoms with van der Waals surface area (Å²) in [6, 6.07) is 17.6. The molecular weight excluding hydrogens is 274 g/mol. The summed E-state index contributed by atoms with van der Waals surface area (Å²) in [5.41, 5.74) is 2.43. The van der Waals surface area contributed by atoms with Crippen LogP contribution in [-0.2, 0) is 0 Å². The van der Waals surface area contributed by atoms with Gasteiger partial charge >= 0.3 is 0 Å². The van der Waals surface area contributed by atoms with Crippen LogP contribution in [0.15, 0.2) is 48.5 Å². The van der Waals surface area contributed by atoms with Crippen molar-refractivity contribution >= 4 is 11.6 Å². The zero-order chi connectivity index (χ0) is 15.8. The van der Waals surface area contributed by atoms with Crippen LogP contribution in [0.3, 0.4) is 0 Å². The van der Waals surface area contributed by atoms with Crippen molar-refractivity contribution in [2.75, 3.05) is 13.2 Å². The predicted molar refractivity (Wildman–Crippen MR) is 88.7 cm³/mol. The molecule has 0 fully saturated rings. The van der Waals surface area contributed by atoms with E-state index in [2.05, 4.69) is 6.07 Å². The van der Waals surface area contributed by atoms with Crippen molar-refractivity contribution in [3.63, 3.8) is 0 Å². The van der Waals surface area contributed by atoms with E-state index in [-0.39, 0.29) is 0 Å². The summed E-state index contributed by atoms with van der Waals surface area (Å²) >= 11 is 0. The molecule has 0 unspecified atom stereocenters. The average Bonchev–Trinajstić information content (AvgIpc) is 2.56. The second-order valence-corrected chi connectivity index (χ2v) is 4.61. The Balaban J connectivity index is 2.37. The number of hydrogen-bond acceptors (Lipinski definition) is 3. The molecule has 0 spiro atoms.